The van der Waals surface area contributed by atoms with Crippen molar-refractivity contribution < 1.29 is 18.0 Å². The van der Waals surface area contributed by atoms with Crippen LogP contribution in [0.2, 0.25) is 10.0 Å². The predicted molar refractivity (Wildman–Crippen MR) is 116 cm³/mol. The van der Waals surface area contributed by atoms with Crippen molar-refractivity contribution in [2.75, 3.05) is 23.9 Å². The molecule has 30 heavy (non-hydrogen) atoms. The Hall–Kier alpha value is -2.29. The van der Waals surface area contributed by atoms with Gasteiger partial charge in [-0.2, -0.15) is 0 Å². The lowest BCUT2D eigenvalue weighted by Gasteiger charge is -2.33. The molecule has 10 heteroatoms. The first kappa shape index (κ1) is 22.4. The summed E-state index contributed by atoms with van der Waals surface area (Å²) in [5.41, 5.74) is 5.46. The molecule has 2 aromatic carbocycles. The number of nitrogens with two attached hydrogens (primary N) is 1. The Labute approximate surface area is 185 Å². The van der Waals surface area contributed by atoms with Gasteiger partial charge in [0.1, 0.15) is 6.54 Å². The van der Waals surface area contributed by atoms with Gasteiger partial charge in [0.05, 0.1) is 20.6 Å². The molecule has 7 nitrogen and oxygen atoms in total. The molecule has 2 aromatic rings. The SMILES string of the molecule is NC(=O)C1CCN(C(=O)CN(c2cccc(Cl)c2Cl)S(=O)(=O)c2ccccc2)CC1. The van der Waals surface area contributed by atoms with Gasteiger partial charge in [0.15, 0.2) is 0 Å². The molecule has 1 heterocycles. The van der Waals surface area contributed by atoms with E-state index in [-0.39, 0.29) is 32.5 Å². The molecule has 0 aliphatic carbocycles. The number of amides is 2. The highest BCUT2D eigenvalue weighted by Gasteiger charge is 2.32. The van der Waals surface area contributed by atoms with Crippen molar-refractivity contribution in [1.82, 2.24) is 4.90 Å². The van der Waals surface area contributed by atoms with Crippen molar-refractivity contribution in [2.24, 2.45) is 11.7 Å². The van der Waals surface area contributed by atoms with Gasteiger partial charge in [-0.3, -0.25) is 13.9 Å². The van der Waals surface area contributed by atoms with Crippen LogP contribution in [0, 0.1) is 5.92 Å². The van der Waals surface area contributed by atoms with E-state index in [1.165, 1.54) is 29.2 Å². The van der Waals surface area contributed by atoms with E-state index in [0.29, 0.717) is 25.9 Å². The summed E-state index contributed by atoms with van der Waals surface area (Å²) < 4.78 is 27.7. The molecule has 1 saturated heterocycles. The van der Waals surface area contributed by atoms with E-state index in [2.05, 4.69) is 0 Å². The predicted octanol–water partition coefficient (Wildman–Crippen LogP) is 2.91. The molecule has 0 atom stereocenters. The maximum absolute atomic E-state index is 13.3. The average Bonchev–Trinajstić information content (AvgIpc) is 2.74. The zero-order valence-electron chi connectivity index (χ0n) is 16.0. The summed E-state index contributed by atoms with van der Waals surface area (Å²) in [6.07, 6.45) is 0.898. The summed E-state index contributed by atoms with van der Waals surface area (Å²) in [5.74, 6) is -1.06. The largest absolute Gasteiger partial charge is 0.369 e. The molecule has 0 bridgehead atoms. The molecule has 3 rings (SSSR count). The molecule has 0 unspecified atom stereocenters. The van der Waals surface area contributed by atoms with Crippen molar-refractivity contribution in [3.05, 3.63) is 58.6 Å². The lowest BCUT2D eigenvalue weighted by Crippen LogP contribution is -2.47. The second kappa shape index (κ2) is 9.24. The second-order valence-corrected chi connectivity index (χ2v) is 9.60. The summed E-state index contributed by atoms with van der Waals surface area (Å²) in [5, 5.41) is 0.219. The Morgan fingerprint density at radius 3 is 2.27 bits per heavy atom. The standard InChI is InChI=1S/C20H21Cl2N3O4S/c21-16-7-4-8-17(19(16)22)25(30(28,29)15-5-2-1-3-6-15)13-18(26)24-11-9-14(10-12-24)20(23)27/h1-8,14H,9-13H2,(H2,23,27). The van der Waals surface area contributed by atoms with Crippen LogP contribution in [0.5, 0.6) is 0 Å². The molecule has 2 N–H and O–H groups in total. The molecule has 0 radical (unpaired) electrons. The van der Waals surface area contributed by atoms with E-state index in [1.807, 2.05) is 0 Å². The Kier molecular flexibility index (Phi) is 6.90. The zero-order valence-corrected chi connectivity index (χ0v) is 18.3. The van der Waals surface area contributed by atoms with E-state index in [9.17, 15) is 18.0 Å². The van der Waals surface area contributed by atoms with Gasteiger partial charge in [-0.05, 0) is 37.1 Å². The third-order valence-electron chi connectivity index (χ3n) is 5.06. The van der Waals surface area contributed by atoms with E-state index >= 15 is 0 Å². The maximum Gasteiger partial charge on any atom is 0.264 e. The van der Waals surface area contributed by atoms with Crippen molar-refractivity contribution >= 4 is 50.7 Å². The minimum absolute atomic E-state index is 0.0290. The van der Waals surface area contributed by atoms with E-state index in [4.69, 9.17) is 28.9 Å². The Balaban J connectivity index is 1.92. The van der Waals surface area contributed by atoms with Gasteiger partial charge in [-0.15, -0.1) is 0 Å². The number of rotatable bonds is 6. The summed E-state index contributed by atoms with van der Waals surface area (Å²) in [6, 6.07) is 12.4. The van der Waals surface area contributed by atoms with Gasteiger partial charge in [0.25, 0.3) is 10.0 Å². The first-order chi connectivity index (χ1) is 14.2. The van der Waals surface area contributed by atoms with Crippen LogP contribution >= 0.6 is 23.2 Å². The molecule has 1 aliphatic rings. The summed E-state index contributed by atoms with van der Waals surface area (Å²) in [6.45, 7) is 0.211. The van der Waals surface area contributed by atoms with Crippen LogP contribution in [0.15, 0.2) is 53.4 Å². The molecule has 1 aliphatic heterocycles. The Bertz CT molecular complexity index is 1040. The number of hydrogen-bond acceptors (Lipinski definition) is 4. The number of carbonyl (C=O) groups is 2. The lowest BCUT2D eigenvalue weighted by molar-refractivity contribution is -0.133. The van der Waals surface area contributed by atoms with E-state index in [1.54, 1.807) is 24.3 Å². The minimum atomic E-state index is -4.08. The zero-order chi connectivity index (χ0) is 21.9. The molecule has 0 spiro atoms. The Morgan fingerprint density at radius 1 is 1.03 bits per heavy atom. The van der Waals surface area contributed by atoms with Crippen LogP contribution in [0.1, 0.15) is 12.8 Å². The molecule has 2 amide bonds. The fourth-order valence-electron chi connectivity index (χ4n) is 3.34. The van der Waals surface area contributed by atoms with Gasteiger partial charge in [0, 0.05) is 19.0 Å². The molecular formula is C20H21Cl2N3O4S. The molecule has 0 saturated carbocycles. The number of likely N-dealkylation sites (tertiary alicyclic amines) is 1. The number of nitrogens with zero attached hydrogens (tertiary/aromatic N) is 2. The van der Waals surface area contributed by atoms with Gasteiger partial charge in [0.2, 0.25) is 11.8 Å². The highest BCUT2D eigenvalue weighted by molar-refractivity contribution is 7.92. The number of hydrogen-bond donors (Lipinski definition) is 1. The summed E-state index contributed by atoms with van der Waals surface area (Å²) in [4.78, 5) is 25.9. The number of piperidine rings is 1. The molecule has 160 valence electrons. The number of primary amides is 1. The fraction of sp³-hybridized carbons (Fsp3) is 0.300. The smallest absolute Gasteiger partial charge is 0.264 e. The monoisotopic (exact) mass is 469 g/mol. The average molecular weight is 470 g/mol. The number of halogens is 2. The number of benzene rings is 2. The van der Waals surface area contributed by atoms with Crippen molar-refractivity contribution in [2.45, 2.75) is 17.7 Å². The van der Waals surface area contributed by atoms with Gasteiger partial charge < -0.3 is 10.6 Å². The third kappa shape index (κ3) is 4.71. The van der Waals surface area contributed by atoms with Crippen LogP contribution in [-0.4, -0.2) is 44.8 Å². The highest BCUT2D eigenvalue weighted by atomic mass is 35.5. The first-order valence-electron chi connectivity index (χ1n) is 9.30. The normalized spacial score (nSPS) is 15.1. The van der Waals surface area contributed by atoms with Gasteiger partial charge in [-0.25, -0.2) is 8.42 Å². The van der Waals surface area contributed by atoms with Crippen molar-refractivity contribution in [1.29, 1.82) is 0 Å². The molecular weight excluding hydrogens is 449 g/mol. The maximum atomic E-state index is 13.3. The van der Waals surface area contributed by atoms with Gasteiger partial charge >= 0.3 is 0 Å². The van der Waals surface area contributed by atoms with Crippen LogP contribution in [0.4, 0.5) is 5.69 Å². The quantitative estimate of drug-likeness (QED) is 0.702. The van der Waals surface area contributed by atoms with Gasteiger partial charge in [-0.1, -0.05) is 47.5 Å². The number of carbonyl (C=O) groups excluding carboxylic acids is 2. The summed E-state index contributed by atoms with van der Waals surface area (Å²) >= 11 is 12.4. The van der Waals surface area contributed by atoms with E-state index in [0.717, 1.165) is 4.31 Å². The number of anilines is 1. The minimum Gasteiger partial charge on any atom is -0.369 e. The molecule has 0 aromatic heterocycles. The topological polar surface area (TPSA) is 101 Å². The highest BCUT2D eigenvalue weighted by Crippen LogP contribution is 2.35. The number of sulfonamides is 1. The van der Waals surface area contributed by atoms with E-state index < -0.39 is 22.5 Å². The van der Waals surface area contributed by atoms with Crippen LogP contribution in [0.25, 0.3) is 0 Å². The van der Waals surface area contributed by atoms with Crippen LogP contribution in [-0.2, 0) is 19.6 Å². The second-order valence-electron chi connectivity index (χ2n) is 6.96. The molecule has 1 fully saturated rings. The Morgan fingerprint density at radius 2 is 1.67 bits per heavy atom. The van der Waals surface area contributed by atoms with Crippen molar-refractivity contribution in [3.63, 3.8) is 0 Å². The van der Waals surface area contributed by atoms with Crippen LogP contribution in [0.3, 0.4) is 0 Å². The third-order valence-corrected chi connectivity index (χ3v) is 7.64. The van der Waals surface area contributed by atoms with Crippen LogP contribution < -0.4 is 10.0 Å². The fourth-order valence-corrected chi connectivity index (χ4v) is 5.24. The first-order valence-corrected chi connectivity index (χ1v) is 11.5. The lowest BCUT2D eigenvalue weighted by atomic mass is 9.96. The summed E-state index contributed by atoms with van der Waals surface area (Å²) in [7, 11) is -4.08. The van der Waals surface area contributed by atoms with Crippen molar-refractivity contribution in [3.8, 4) is 0 Å².